The highest BCUT2D eigenvalue weighted by molar-refractivity contribution is 6.02. The zero-order chi connectivity index (χ0) is 37.4. The van der Waals surface area contributed by atoms with E-state index in [-0.39, 0.29) is 49.5 Å². The molecule has 3 aromatic carbocycles. The number of benzene rings is 3. The van der Waals surface area contributed by atoms with Crippen molar-refractivity contribution in [2.24, 2.45) is 5.92 Å². The third-order valence-corrected chi connectivity index (χ3v) is 9.17. The Hall–Kier alpha value is -4.53. The number of halogens is 3. The molecule has 14 heteroatoms. The number of rotatable bonds is 8. The Morgan fingerprint density at radius 2 is 1.65 bits per heavy atom. The first kappa shape index (κ1) is 38.7. The summed E-state index contributed by atoms with van der Waals surface area (Å²) in [5, 5.41) is 15.8. The molecule has 0 spiro atoms. The number of ether oxygens (including phenoxy) is 4. The number of aliphatic hydroxyl groups excluding tert-OH is 1. The van der Waals surface area contributed by atoms with Crippen molar-refractivity contribution in [1.29, 1.82) is 0 Å². The van der Waals surface area contributed by atoms with Crippen molar-refractivity contribution in [3.63, 3.8) is 0 Å². The summed E-state index contributed by atoms with van der Waals surface area (Å²) in [5.41, 5.74) is 1.12. The molecule has 11 nitrogen and oxygen atoms in total. The molecule has 0 saturated carbocycles. The second-order valence-electron chi connectivity index (χ2n) is 13.5. The molecule has 0 aliphatic carbocycles. The van der Waals surface area contributed by atoms with E-state index in [1.165, 1.54) is 12.1 Å². The van der Waals surface area contributed by atoms with Crippen LogP contribution in [0.15, 0.2) is 60.7 Å². The van der Waals surface area contributed by atoms with Crippen LogP contribution >= 0.6 is 0 Å². The smallest absolute Gasteiger partial charge is 0.416 e. The molecule has 4 atom stereocenters. The average Bonchev–Trinajstić information content (AvgIpc) is 3.57. The quantitative estimate of drug-likeness (QED) is 0.227. The number of fused-ring (bicyclic) bond motifs is 2. The topological polar surface area (TPSA) is 122 Å². The van der Waals surface area contributed by atoms with Crippen LogP contribution in [0.3, 0.4) is 0 Å². The molecule has 2 aliphatic heterocycles. The number of nitrogens with one attached hydrogen (secondary N) is 2. The number of hydrogen-bond acceptors (Lipinski definition) is 8. The van der Waals surface area contributed by atoms with Gasteiger partial charge in [-0.25, -0.2) is 4.79 Å². The number of likely N-dealkylation sites (N-methyl/N-ethyl adjacent to an activating group) is 1. The van der Waals surface area contributed by atoms with Crippen LogP contribution in [0.1, 0.15) is 61.5 Å². The summed E-state index contributed by atoms with van der Waals surface area (Å²) in [6.45, 7) is 7.06. The van der Waals surface area contributed by atoms with Gasteiger partial charge in [-0.1, -0.05) is 19.1 Å². The van der Waals surface area contributed by atoms with Crippen LogP contribution in [0.25, 0.3) is 0 Å². The number of carbonyl (C=O) groups excluding carboxylic acids is 2. The van der Waals surface area contributed by atoms with Crippen molar-refractivity contribution in [2.45, 2.75) is 71.0 Å². The summed E-state index contributed by atoms with van der Waals surface area (Å²) in [5.74, 6) is 0.885. The van der Waals surface area contributed by atoms with E-state index < -0.39 is 23.8 Å². The molecule has 0 bridgehead atoms. The molecule has 0 fully saturated rings. The number of hydrogen-bond donors (Lipinski definition) is 3. The number of nitrogens with zero attached hydrogens (tertiary/aromatic N) is 2. The van der Waals surface area contributed by atoms with Crippen molar-refractivity contribution in [3.05, 3.63) is 77.4 Å². The van der Waals surface area contributed by atoms with Gasteiger partial charge in [-0.05, 0) is 88.2 Å². The zero-order valence-electron chi connectivity index (χ0n) is 29.9. The molecule has 282 valence electrons. The van der Waals surface area contributed by atoms with Crippen molar-refractivity contribution in [1.82, 2.24) is 9.80 Å². The van der Waals surface area contributed by atoms with Gasteiger partial charge < -0.3 is 39.6 Å². The number of alkyl halides is 3. The lowest BCUT2D eigenvalue weighted by atomic mass is 10.0. The van der Waals surface area contributed by atoms with Crippen LogP contribution in [0.4, 0.5) is 29.3 Å². The van der Waals surface area contributed by atoms with Gasteiger partial charge in [0, 0.05) is 49.6 Å². The number of amides is 3. The SMILES string of the molecule is C[C@@H]1CN([C@H](C)CO)C(=O)c2cc(NC(=O)Nc3ccc4c(c3)OCO4)ccc2O[C@@H](C)CCCCO[C@@H]1CN(C)Cc1ccc(C(F)(F)F)cc1. The van der Waals surface area contributed by atoms with Gasteiger partial charge in [0.25, 0.3) is 5.91 Å². The second-order valence-corrected chi connectivity index (χ2v) is 13.5. The normalized spacial score (nSPS) is 20.4. The largest absolute Gasteiger partial charge is 0.490 e. The highest BCUT2D eigenvalue weighted by Crippen LogP contribution is 2.35. The van der Waals surface area contributed by atoms with Gasteiger partial charge in [0.05, 0.1) is 36.0 Å². The molecular formula is C38H47F3N4O7. The van der Waals surface area contributed by atoms with Gasteiger partial charge in [0.1, 0.15) is 5.75 Å². The third kappa shape index (κ3) is 10.3. The summed E-state index contributed by atoms with van der Waals surface area (Å²) in [6, 6.07) is 14.0. The molecule has 0 radical (unpaired) electrons. The standard InChI is InChI=1S/C38H47F3N4O7/c1-24-19-45(25(2)22-46)36(47)31-17-29(42-37(48)43-30-13-15-33-34(18-30)51-23-50-33)12-14-32(31)52-26(3)7-5-6-16-49-35(24)21-44(4)20-27-8-10-28(11-9-27)38(39,40)41/h8-15,17-18,24-26,35,46H,5-7,16,19-23H2,1-4H3,(H2,42,43,48)/t24-,25-,26+,35-/m1/s1. The third-order valence-electron chi connectivity index (χ3n) is 9.17. The minimum Gasteiger partial charge on any atom is -0.490 e. The first-order valence-electron chi connectivity index (χ1n) is 17.5. The van der Waals surface area contributed by atoms with Crippen molar-refractivity contribution in [3.8, 4) is 17.2 Å². The average molecular weight is 729 g/mol. The van der Waals surface area contributed by atoms with Crippen LogP contribution in [0, 0.1) is 5.92 Å². The Kier molecular flexibility index (Phi) is 12.9. The number of anilines is 2. The van der Waals surface area contributed by atoms with Crippen LogP contribution < -0.4 is 24.8 Å². The molecule has 0 unspecified atom stereocenters. The maximum Gasteiger partial charge on any atom is 0.416 e. The Morgan fingerprint density at radius 1 is 0.981 bits per heavy atom. The minimum atomic E-state index is -4.40. The number of carbonyl (C=O) groups is 2. The van der Waals surface area contributed by atoms with E-state index in [1.807, 2.05) is 25.8 Å². The molecule has 52 heavy (non-hydrogen) atoms. The molecule has 2 heterocycles. The van der Waals surface area contributed by atoms with Gasteiger partial charge in [0.15, 0.2) is 11.5 Å². The minimum absolute atomic E-state index is 0.107. The zero-order valence-corrected chi connectivity index (χ0v) is 29.9. The van der Waals surface area contributed by atoms with Gasteiger partial charge in [-0.2, -0.15) is 13.2 Å². The van der Waals surface area contributed by atoms with E-state index in [9.17, 15) is 27.9 Å². The van der Waals surface area contributed by atoms with Crippen molar-refractivity contribution < 1.29 is 46.8 Å². The fourth-order valence-electron chi connectivity index (χ4n) is 6.21. The first-order chi connectivity index (χ1) is 24.8. The lowest BCUT2D eigenvalue weighted by molar-refractivity contribution is -0.137. The molecule has 2 aliphatic rings. The second kappa shape index (κ2) is 17.3. The van der Waals surface area contributed by atoms with E-state index in [1.54, 1.807) is 48.2 Å². The van der Waals surface area contributed by atoms with Crippen molar-refractivity contribution in [2.75, 3.05) is 50.8 Å². The molecule has 0 aromatic heterocycles. The summed E-state index contributed by atoms with van der Waals surface area (Å²) < 4.78 is 62.7. The molecule has 5 rings (SSSR count). The summed E-state index contributed by atoms with van der Waals surface area (Å²) >= 11 is 0. The fourth-order valence-corrected chi connectivity index (χ4v) is 6.21. The predicted octanol–water partition coefficient (Wildman–Crippen LogP) is 7.01. The predicted molar refractivity (Wildman–Crippen MR) is 190 cm³/mol. The van der Waals surface area contributed by atoms with Gasteiger partial charge in [0.2, 0.25) is 6.79 Å². The van der Waals surface area contributed by atoms with E-state index >= 15 is 0 Å². The fraction of sp³-hybridized carbons (Fsp3) is 0.474. The highest BCUT2D eigenvalue weighted by atomic mass is 19.4. The van der Waals surface area contributed by atoms with E-state index in [0.29, 0.717) is 54.7 Å². The number of aliphatic hydroxyl groups is 1. The molecule has 3 aromatic rings. The molecular weight excluding hydrogens is 681 g/mol. The monoisotopic (exact) mass is 728 g/mol. The van der Waals surface area contributed by atoms with Crippen LogP contribution in [0.2, 0.25) is 0 Å². The maximum absolute atomic E-state index is 14.4. The Bertz CT molecular complexity index is 1670. The van der Waals surface area contributed by atoms with Crippen LogP contribution in [-0.2, 0) is 17.5 Å². The summed E-state index contributed by atoms with van der Waals surface area (Å²) in [7, 11) is 1.88. The van der Waals surface area contributed by atoms with Gasteiger partial charge >= 0.3 is 12.2 Å². The number of urea groups is 1. The van der Waals surface area contributed by atoms with E-state index in [2.05, 4.69) is 10.6 Å². The summed E-state index contributed by atoms with van der Waals surface area (Å²) in [6.07, 6.45) is -2.65. The molecule has 3 amide bonds. The first-order valence-corrected chi connectivity index (χ1v) is 17.5. The molecule has 3 N–H and O–H groups in total. The Labute approximate surface area is 302 Å². The lowest BCUT2D eigenvalue weighted by Crippen LogP contribution is -2.47. The summed E-state index contributed by atoms with van der Waals surface area (Å²) in [4.78, 5) is 31.0. The Morgan fingerprint density at radius 3 is 2.35 bits per heavy atom. The van der Waals surface area contributed by atoms with Gasteiger partial charge in [-0.15, -0.1) is 0 Å². The van der Waals surface area contributed by atoms with Gasteiger partial charge in [-0.3, -0.25) is 9.69 Å². The van der Waals surface area contributed by atoms with Crippen LogP contribution in [-0.4, -0.2) is 85.2 Å². The lowest BCUT2D eigenvalue weighted by Gasteiger charge is -2.36. The molecule has 0 saturated heterocycles. The van der Waals surface area contributed by atoms with Crippen molar-refractivity contribution >= 4 is 23.3 Å². The van der Waals surface area contributed by atoms with E-state index in [0.717, 1.165) is 30.5 Å². The Balaban J connectivity index is 1.34. The van der Waals surface area contributed by atoms with Crippen LogP contribution in [0.5, 0.6) is 17.2 Å². The van der Waals surface area contributed by atoms with E-state index in [4.69, 9.17) is 18.9 Å². The highest BCUT2D eigenvalue weighted by Gasteiger charge is 2.32. The maximum atomic E-state index is 14.4.